The Kier molecular flexibility index (Phi) is 4.85. The second-order valence-electron chi connectivity index (χ2n) is 6.87. The maximum Gasteiger partial charge on any atom is 0.268 e. The Hall–Kier alpha value is -3.17. The number of nitrogens with zero attached hydrogens (tertiary/aromatic N) is 2. The second kappa shape index (κ2) is 7.34. The molecule has 1 aliphatic rings. The van der Waals surface area contributed by atoms with Crippen LogP contribution in [0, 0.1) is 0 Å². The molecule has 4 rings (SSSR count). The molecule has 1 saturated heterocycles. The fourth-order valence-electron chi connectivity index (χ4n) is 3.49. The lowest BCUT2D eigenvalue weighted by atomic mass is 10.2. The highest BCUT2D eigenvalue weighted by molar-refractivity contribution is 7.89. The number of fused-ring (bicyclic) bond motifs is 1. The summed E-state index contributed by atoms with van der Waals surface area (Å²) in [6, 6.07) is 13.4. The first-order valence-corrected chi connectivity index (χ1v) is 10.6. The molecule has 8 nitrogen and oxygen atoms in total. The van der Waals surface area contributed by atoms with Crippen LogP contribution in [0.2, 0.25) is 0 Å². The van der Waals surface area contributed by atoms with Gasteiger partial charge in [0.25, 0.3) is 15.9 Å². The largest absolute Gasteiger partial charge is 0.350 e. The molecule has 0 spiro atoms. The van der Waals surface area contributed by atoms with Crippen LogP contribution in [-0.4, -0.2) is 31.3 Å². The average Bonchev–Trinajstić information content (AvgIpc) is 3.30. The van der Waals surface area contributed by atoms with Crippen LogP contribution in [0.25, 0.3) is 10.9 Å². The first kappa shape index (κ1) is 19.2. The molecule has 1 aliphatic heterocycles. The molecule has 0 unspecified atom stereocenters. The molecule has 2 amide bonds. The topological polar surface area (TPSA) is 101 Å². The molecule has 150 valence electrons. The Morgan fingerprint density at radius 3 is 2.48 bits per heavy atom. The van der Waals surface area contributed by atoms with Crippen LogP contribution in [0.15, 0.2) is 59.6 Å². The third kappa shape index (κ3) is 3.62. The van der Waals surface area contributed by atoms with Gasteiger partial charge in [-0.15, -0.1) is 4.83 Å². The maximum absolute atomic E-state index is 12.5. The number of benzene rings is 2. The number of aromatic nitrogens is 1. The zero-order valence-corrected chi connectivity index (χ0v) is 16.6. The first-order chi connectivity index (χ1) is 13.9. The van der Waals surface area contributed by atoms with E-state index in [0.29, 0.717) is 24.2 Å². The van der Waals surface area contributed by atoms with Crippen LogP contribution in [0.4, 0.5) is 5.69 Å². The molecule has 9 heteroatoms. The number of carbonyl (C=O) groups is 2. The van der Waals surface area contributed by atoms with Crippen molar-refractivity contribution < 1.29 is 18.0 Å². The van der Waals surface area contributed by atoms with Gasteiger partial charge in [-0.25, -0.2) is 8.42 Å². The second-order valence-corrected chi connectivity index (χ2v) is 8.56. The Morgan fingerprint density at radius 1 is 1.07 bits per heavy atom. The van der Waals surface area contributed by atoms with Gasteiger partial charge in [0.2, 0.25) is 5.91 Å². The van der Waals surface area contributed by atoms with E-state index in [-0.39, 0.29) is 10.8 Å². The lowest BCUT2D eigenvalue weighted by molar-refractivity contribution is -0.117. The summed E-state index contributed by atoms with van der Waals surface area (Å²) in [7, 11) is -2.14. The molecule has 3 aromatic rings. The van der Waals surface area contributed by atoms with Crippen molar-refractivity contribution in [2.45, 2.75) is 17.7 Å². The highest BCUT2D eigenvalue weighted by atomic mass is 32.2. The van der Waals surface area contributed by atoms with E-state index in [1.165, 1.54) is 12.1 Å². The molecular formula is C20H20N4O4S. The number of para-hydroxylation sites is 1. The number of amides is 2. The van der Waals surface area contributed by atoms with Crippen molar-refractivity contribution >= 4 is 38.4 Å². The van der Waals surface area contributed by atoms with Gasteiger partial charge >= 0.3 is 0 Å². The molecule has 0 radical (unpaired) electrons. The molecule has 1 fully saturated rings. The number of nitrogens with one attached hydrogen (secondary N) is 2. The molecule has 2 N–H and O–H groups in total. The summed E-state index contributed by atoms with van der Waals surface area (Å²) < 4.78 is 26.8. The van der Waals surface area contributed by atoms with E-state index in [0.717, 1.165) is 17.3 Å². The summed E-state index contributed by atoms with van der Waals surface area (Å²) in [4.78, 5) is 28.1. The fraction of sp³-hybridized carbons (Fsp3) is 0.200. The zero-order chi connectivity index (χ0) is 20.6. The smallest absolute Gasteiger partial charge is 0.268 e. The minimum Gasteiger partial charge on any atom is -0.350 e. The van der Waals surface area contributed by atoms with E-state index in [9.17, 15) is 18.0 Å². The molecule has 0 aliphatic carbocycles. The summed E-state index contributed by atoms with van der Waals surface area (Å²) in [6.45, 7) is 0.629. The van der Waals surface area contributed by atoms with Gasteiger partial charge in [-0.2, -0.15) is 0 Å². The molecule has 0 atom stereocenters. The molecule has 0 saturated carbocycles. The third-order valence-corrected chi connectivity index (χ3v) is 6.24. The van der Waals surface area contributed by atoms with Crippen LogP contribution >= 0.6 is 0 Å². The normalized spacial score (nSPS) is 14.5. The zero-order valence-electron chi connectivity index (χ0n) is 15.8. The summed E-state index contributed by atoms with van der Waals surface area (Å²) in [5, 5.41) is 0.728. The van der Waals surface area contributed by atoms with Gasteiger partial charge < -0.3 is 9.47 Å². The van der Waals surface area contributed by atoms with Crippen LogP contribution in [0.5, 0.6) is 0 Å². The van der Waals surface area contributed by atoms with Gasteiger partial charge in [-0.05, 0) is 36.8 Å². The molecular weight excluding hydrogens is 392 g/mol. The summed E-state index contributed by atoms with van der Waals surface area (Å²) in [6.07, 6.45) is 2.94. The SMILES string of the molecule is Cn1cc(C(=O)NNS(=O)(=O)c2ccc(N3CCCC3=O)cc2)c2ccccc21. The van der Waals surface area contributed by atoms with E-state index in [2.05, 4.69) is 10.3 Å². The maximum atomic E-state index is 12.5. The van der Waals surface area contributed by atoms with E-state index in [1.807, 2.05) is 25.2 Å². The van der Waals surface area contributed by atoms with E-state index in [4.69, 9.17) is 0 Å². The Bertz CT molecular complexity index is 1200. The Morgan fingerprint density at radius 2 is 1.79 bits per heavy atom. The number of carbonyl (C=O) groups excluding carboxylic acids is 2. The van der Waals surface area contributed by atoms with E-state index in [1.54, 1.807) is 33.9 Å². The van der Waals surface area contributed by atoms with Gasteiger partial charge in [-0.1, -0.05) is 18.2 Å². The minimum atomic E-state index is -3.96. The number of hydrazine groups is 1. The van der Waals surface area contributed by atoms with Gasteiger partial charge in [0.1, 0.15) is 0 Å². The fourth-order valence-corrected chi connectivity index (χ4v) is 4.33. The number of sulfonamides is 1. The molecule has 1 aromatic heterocycles. The van der Waals surface area contributed by atoms with Crippen LogP contribution in [-0.2, 0) is 21.9 Å². The van der Waals surface area contributed by atoms with Gasteiger partial charge in [0.15, 0.2) is 0 Å². The summed E-state index contributed by atoms with van der Waals surface area (Å²) in [5.41, 5.74) is 4.16. The van der Waals surface area contributed by atoms with Crippen molar-refractivity contribution in [1.29, 1.82) is 0 Å². The Balaban J connectivity index is 1.48. The van der Waals surface area contributed by atoms with Crippen molar-refractivity contribution in [3.05, 3.63) is 60.3 Å². The lowest BCUT2D eigenvalue weighted by Gasteiger charge is -2.16. The van der Waals surface area contributed by atoms with Crippen molar-refractivity contribution in [1.82, 2.24) is 14.8 Å². The van der Waals surface area contributed by atoms with Crippen molar-refractivity contribution in [3.63, 3.8) is 0 Å². The predicted octanol–water partition coefficient (Wildman–Crippen LogP) is 1.93. The highest BCUT2D eigenvalue weighted by Gasteiger charge is 2.23. The van der Waals surface area contributed by atoms with Crippen LogP contribution < -0.4 is 15.2 Å². The first-order valence-electron chi connectivity index (χ1n) is 9.13. The van der Waals surface area contributed by atoms with Crippen molar-refractivity contribution in [2.75, 3.05) is 11.4 Å². The van der Waals surface area contributed by atoms with E-state index >= 15 is 0 Å². The molecule has 2 aromatic carbocycles. The van der Waals surface area contributed by atoms with Crippen LogP contribution in [0.1, 0.15) is 23.2 Å². The van der Waals surface area contributed by atoms with Crippen molar-refractivity contribution in [3.8, 4) is 0 Å². The number of aryl methyl sites for hydroxylation is 1. The number of rotatable bonds is 5. The monoisotopic (exact) mass is 412 g/mol. The number of hydrogen-bond acceptors (Lipinski definition) is 4. The van der Waals surface area contributed by atoms with Gasteiger partial charge in [0.05, 0.1) is 10.5 Å². The summed E-state index contributed by atoms with van der Waals surface area (Å²) in [5.74, 6) is -0.522. The molecule has 2 heterocycles. The standard InChI is InChI=1S/C20H20N4O4S/c1-23-13-17(16-5-2-3-6-18(16)23)20(26)21-22-29(27,28)15-10-8-14(9-11-15)24-12-4-7-19(24)25/h2-3,5-6,8-11,13,22H,4,7,12H2,1H3,(H,21,26). The average molecular weight is 412 g/mol. The van der Waals surface area contributed by atoms with Crippen LogP contribution in [0.3, 0.4) is 0 Å². The number of anilines is 1. The molecule has 0 bridgehead atoms. The predicted molar refractivity (Wildman–Crippen MR) is 109 cm³/mol. The number of hydrogen-bond donors (Lipinski definition) is 2. The Labute approximate surface area is 168 Å². The summed E-state index contributed by atoms with van der Waals surface area (Å²) >= 11 is 0. The van der Waals surface area contributed by atoms with E-state index < -0.39 is 15.9 Å². The van der Waals surface area contributed by atoms with Crippen molar-refractivity contribution in [2.24, 2.45) is 7.05 Å². The lowest BCUT2D eigenvalue weighted by Crippen LogP contribution is -2.41. The quantitative estimate of drug-likeness (QED) is 0.626. The third-order valence-electron chi connectivity index (χ3n) is 4.97. The molecule has 29 heavy (non-hydrogen) atoms. The van der Waals surface area contributed by atoms with Gasteiger partial charge in [-0.3, -0.25) is 15.0 Å². The minimum absolute atomic E-state index is 0.00823. The van der Waals surface area contributed by atoms with Gasteiger partial charge in [0, 0.05) is 42.8 Å². The highest BCUT2D eigenvalue weighted by Crippen LogP contribution is 2.23.